The van der Waals surface area contributed by atoms with Crippen LogP contribution in [0.5, 0.6) is 0 Å². The summed E-state index contributed by atoms with van der Waals surface area (Å²) in [6.07, 6.45) is 0. The molecule has 0 unspecified atom stereocenters. The van der Waals surface area contributed by atoms with Crippen LogP contribution < -0.4 is 4.12 Å². The summed E-state index contributed by atoms with van der Waals surface area (Å²) in [6, 6.07) is 14.9. The number of rotatable bonds is 0. The van der Waals surface area contributed by atoms with E-state index in [1.165, 1.54) is 14.9 Å². The molecule has 0 amide bonds. The van der Waals surface area contributed by atoms with Crippen molar-refractivity contribution in [2.45, 2.75) is 0 Å². The normalized spacial score (nSPS) is 10.2. The van der Waals surface area contributed by atoms with E-state index in [4.69, 9.17) is 0 Å². The van der Waals surface area contributed by atoms with Gasteiger partial charge in [-0.25, -0.2) is 0 Å². The zero-order valence-corrected chi connectivity index (χ0v) is 8.54. The van der Waals surface area contributed by atoms with Crippen LogP contribution in [0.2, 0.25) is 0 Å². The van der Waals surface area contributed by atoms with E-state index in [2.05, 4.69) is 42.5 Å². The first-order valence-electron chi connectivity index (χ1n) is 3.61. The van der Waals surface area contributed by atoms with Gasteiger partial charge in [0.2, 0.25) is 0 Å². The molecule has 0 spiro atoms. The molecule has 2 aromatic carbocycles. The number of hydrogen-bond donors (Lipinski definition) is 0. The summed E-state index contributed by atoms with van der Waals surface area (Å²) < 4.78 is 1.41. The van der Waals surface area contributed by atoms with E-state index in [0.29, 0.717) is 0 Å². The third-order valence-electron chi connectivity index (χ3n) is 1.82. The van der Waals surface area contributed by atoms with Gasteiger partial charge in [0.25, 0.3) is 0 Å². The Hall–Kier alpha value is -0.664. The number of hydrogen-bond acceptors (Lipinski definition) is 0. The quantitative estimate of drug-likeness (QED) is 0.568. The maximum Gasteiger partial charge on any atom is -1.00 e. The smallest absolute Gasteiger partial charge is 1.00 e. The molecule has 0 aromatic heterocycles. The van der Waals surface area contributed by atoms with Crippen LogP contribution >= 0.6 is 0 Å². The molecule has 54 valence electrons. The topological polar surface area (TPSA) is 0 Å². The van der Waals surface area contributed by atoms with Crippen molar-refractivity contribution >= 4 is 33.5 Å². The molecular weight excluding hydrogens is 190 g/mol. The minimum Gasteiger partial charge on any atom is -1.00 e. The van der Waals surface area contributed by atoms with E-state index < -0.39 is 0 Å². The van der Waals surface area contributed by atoms with Crippen molar-refractivity contribution in [2.24, 2.45) is 0 Å². The second-order valence-corrected chi connectivity index (χ2v) is 3.87. The minimum atomic E-state index is 0. The van der Waals surface area contributed by atoms with E-state index in [-0.39, 0.29) is 2.85 Å². The Morgan fingerprint density at radius 3 is 2.45 bits per heavy atom. The van der Waals surface area contributed by atoms with Crippen LogP contribution in [0.15, 0.2) is 42.5 Å². The summed E-state index contributed by atoms with van der Waals surface area (Å²) in [5.41, 5.74) is 0. The van der Waals surface area contributed by atoms with Crippen LogP contribution in [0.1, 0.15) is 2.85 Å². The minimum absolute atomic E-state index is 0. The molecule has 0 N–H and O–H groups in total. The Balaban J connectivity index is 0.000000720. The molecule has 0 nitrogen and oxygen atoms in total. The zero-order chi connectivity index (χ0) is 7.68. The van der Waals surface area contributed by atoms with Crippen LogP contribution in [0, 0.1) is 0 Å². The molecule has 0 aliphatic heterocycles. The monoisotopic (exact) mass is 198 g/mol. The van der Waals surface area contributed by atoms with Crippen molar-refractivity contribution in [2.75, 3.05) is 0 Å². The second kappa shape index (κ2) is 2.76. The van der Waals surface area contributed by atoms with Crippen molar-refractivity contribution in [1.29, 1.82) is 0 Å². The predicted molar refractivity (Wildman–Crippen MR) is 51.6 cm³/mol. The molecule has 0 aliphatic carbocycles. The molecule has 2 rings (SSSR count). The molecule has 11 heavy (non-hydrogen) atoms. The average molecular weight is 199 g/mol. The first kappa shape index (κ1) is 7.01. The van der Waals surface area contributed by atoms with Gasteiger partial charge in [0.05, 0.1) is 0 Å². The standard InChI is InChI=1S/C10H7.Ga.2H/c1-2-6-10-8-4-3-7-9(10)5-1;;;/h1-7H;;;/q;;2*-1. The predicted octanol–water partition coefficient (Wildman–Crippen LogP) is 1.86. The van der Waals surface area contributed by atoms with Gasteiger partial charge >= 0.3 is 76.0 Å². The maximum absolute atomic E-state index is 2.17. The Labute approximate surface area is 79.1 Å². The number of benzene rings is 2. The van der Waals surface area contributed by atoms with E-state index in [1.54, 1.807) is 18.6 Å². The van der Waals surface area contributed by atoms with Crippen molar-refractivity contribution in [3.63, 3.8) is 0 Å². The van der Waals surface area contributed by atoms with Crippen LogP contribution in [-0.2, 0) is 0 Å². The van der Waals surface area contributed by atoms with Gasteiger partial charge in [-0.1, -0.05) is 0 Å². The summed E-state index contributed by atoms with van der Waals surface area (Å²) in [5.74, 6) is 0. The molecule has 2 aromatic rings. The van der Waals surface area contributed by atoms with Gasteiger partial charge in [-0.2, -0.15) is 0 Å². The van der Waals surface area contributed by atoms with Gasteiger partial charge in [0.15, 0.2) is 0 Å². The molecule has 0 heterocycles. The van der Waals surface area contributed by atoms with Crippen molar-refractivity contribution < 1.29 is 2.85 Å². The molecule has 2 radical (unpaired) electrons. The fourth-order valence-electron chi connectivity index (χ4n) is 1.25. The van der Waals surface area contributed by atoms with Crippen molar-refractivity contribution in [1.82, 2.24) is 0 Å². The second-order valence-electron chi connectivity index (χ2n) is 2.57. The molecule has 0 aliphatic rings. The molecule has 0 saturated carbocycles. The van der Waals surface area contributed by atoms with Crippen LogP contribution in [0.3, 0.4) is 0 Å². The molecule has 1 heteroatoms. The Bertz CT molecular complexity index is 382. The molecule has 0 saturated heterocycles. The summed E-state index contributed by atoms with van der Waals surface area (Å²) in [7, 11) is 0. The summed E-state index contributed by atoms with van der Waals surface area (Å²) in [5, 5.41) is 2.73. The van der Waals surface area contributed by atoms with Crippen LogP contribution in [0.4, 0.5) is 0 Å². The summed E-state index contributed by atoms with van der Waals surface area (Å²) in [4.78, 5) is 0. The zero-order valence-electron chi connectivity index (χ0n) is 8.12. The first-order valence-corrected chi connectivity index (χ1v) is 4.82. The van der Waals surface area contributed by atoms with Gasteiger partial charge in [-0.05, 0) is 0 Å². The van der Waals surface area contributed by atoms with Crippen LogP contribution in [0.25, 0.3) is 10.8 Å². The van der Waals surface area contributed by atoms with Gasteiger partial charge < -0.3 is 2.85 Å². The number of fused-ring (bicyclic) bond motifs is 1. The molecular formula is C10H9Ga-2. The van der Waals surface area contributed by atoms with Gasteiger partial charge in [0.1, 0.15) is 0 Å². The van der Waals surface area contributed by atoms with Gasteiger partial charge in [-0.3, -0.25) is 0 Å². The van der Waals surface area contributed by atoms with Crippen molar-refractivity contribution in [3.05, 3.63) is 42.5 Å². The van der Waals surface area contributed by atoms with E-state index >= 15 is 0 Å². The first-order chi connectivity index (χ1) is 5.38. The summed E-state index contributed by atoms with van der Waals surface area (Å²) >= 11 is 1.69. The Morgan fingerprint density at radius 2 is 1.64 bits per heavy atom. The SMILES string of the molecule is [Ga][c]1cccc2ccccc12.[H-].[H-]. The maximum atomic E-state index is 2.17. The largest absolute Gasteiger partial charge is 1.00 e. The third kappa shape index (κ3) is 1.22. The Kier molecular flexibility index (Phi) is 1.76. The average Bonchev–Trinajstić information content (AvgIpc) is 2.06. The fraction of sp³-hybridized carbons (Fsp3) is 0. The van der Waals surface area contributed by atoms with E-state index in [1.807, 2.05) is 0 Å². The molecule has 0 fully saturated rings. The van der Waals surface area contributed by atoms with Crippen LogP contribution in [-0.4, -0.2) is 18.6 Å². The van der Waals surface area contributed by atoms with Gasteiger partial charge in [0, 0.05) is 0 Å². The summed E-state index contributed by atoms with van der Waals surface area (Å²) in [6.45, 7) is 0. The van der Waals surface area contributed by atoms with E-state index in [0.717, 1.165) is 0 Å². The van der Waals surface area contributed by atoms with E-state index in [9.17, 15) is 0 Å². The van der Waals surface area contributed by atoms with Gasteiger partial charge in [-0.15, -0.1) is 0 Å². The molecule has 0 bridgehead atoms. The third-order valence-corrected chi connectivity index (χ3v) is 2.88. The van der Waals surface area contributed by atoms with Crippen molar-refractivity contribution in [3.8, 4) is 0 Å². The molecule has 0 atom stereocenters. The Morgan fingerprint density at radius 1 is 0.909 bits per heavy atom. The fourth-order valence-corrected chi connectivity index (χ4v) is 2.04.